The second-order valence-corrected chi connectivity index (χ2v) is 2.98. The number of hydrogen-bond donors (Lipinski definition) is 0. The Labute approximate surface area is 66.8 Å². The first-order valence-corrected chi connectivity index (χ1v) is 3.93. The molecule has 1 heteroatoms. The third kappa shape index (κ3) is 1.07. The van der Waals surface area contributed by atoms with Crippen molar-refractivity contribution in [1.29, 1.82) is 0 Å². The first-order valence-electron chi connectivity index (χ1n) is 3.93. The van der Waals surface area contributed by atoms with Gasteiger partial charge in [0.25, 0.3) is 0 Å². The molecule has 0 saturated carbocycles. The van der Waals surface area contributed by atoms with Gasteiger partial charge in [-0.2, -0.15) is 0 Å². The highest BCUT2D eigenvalue weighted by Gasteiger charge is 2.14. The molecule has 0 aromatic heterocycles. The van der Waals surface area contributed by atoms with Crippen LogP contribution in [0.4, 0.5) is 0 Å². The minimum absolute atomic E-state index is 0.546. The number of hydrogen-bond acceptors (Lipinski definition) is 1. The molecule has 1 aliphatic carbocycles. The summed E-state index contributed by atoms with van der Waals surface area (Å²) in [6.07, 6.45) is 10.6. The number of aliphatic imine (C=N–C) groups is 1. The van der Waals surface area contributed by atoms with E-state index in [1.54, 1.807) is 0 Å². The molecule has 0 spiro atoms. The van der Waals surface area contributed by atoms with Gasteiger partial charge in [-0.25, -0.2) is 0 Å². The van der Waals surface area contributed by atoms with E-state index in [4.69, 9.17) is 0 Å². The molecule has 1 heterocycles. The van der Waals surface area contributed by atoms with Crippen LogP contribution in [0.5, 0.6) is 0 Å². The fourth-order valence-electron chi connectivity index (χ4n) is 1.55. The standard InChI is InChI=1S/C10H11N/c1-8-6-11-7-9-4-2-3-5-10(8)9/h2-6,9H,7H2,1H3. The predicted molar refractivity (Wildman–Crippen MR) is 47.8 cm³/mol. The molecule has 0 amide bonds. The van der Waals surface area contributed by atoms with E-state index in [2.05, 4.69) is 36.2 Å². The minimum atomic E-state index is 0.546. The Balaban J connectivity index is 2.43. The number of dihydropyridines is 1. The lowest BCUT2D eigenvalue weighted by atomic mass is 9.89. The van der Waals surface area contributed by atoms with Gasteiger partial charge in [0.15, 0.2) is 0 Å². The maximum absolute atomic E-state index is 4.27. The molecule has 0 radical (unpaired) electrons. The predicted octanol–water partition coefficient (Wildman–Crippen LogP) is 2.13. The smallest absolute Gasteiger partial charge is 0.0493 e. The highest BCUT2D eigenvalue weighted by molar-refractivity contribution is 5.81. The van der Waals surface area contributed by atoms with E-state index in [0.717, 1.165) is 6.54 Å². The molecule has 0 bridgehead atoms. The van der Waals surface area contributed by atoms with Crippen LogP contribution in [-0.2, 0) is 0 Å². The van der Waals surface area contributed by atoms with Gasteiger partial charge in [0.1, 0.15) is 0 Å². The van der Waals surface area contributed by atoms with Crippen molar-refractivity contribution in [3.8, 4) is 0 Å². The van der Waals surface area contributed by atoms with Crippen molar-refractivity contribution in [1.82, 2.24) is 0 Å². The van der Waals surface area contributed by atoms with Gasteiger partial charge in [0, 0.05) is 18.7 Å². The van der Waals surface area contributed by atoms with Gasteiger partial charge >= 0.3 is 0 Å². The summed E-state index contributed by atoms with van der Waals surface area (Å²) in [7, 11) is 0. The molecule has 2 aliphatic rings. The number of nitrogens with zero attached hydrogens (tertiary/aromatic N) is 1. The Morgan fingerprint density at radius 1 is 1.45 bits per heavy atom. The molecule has 1 atom stereocenters. The van der Waals surface area contributed by atoms with Gasteiger partial charge in [-0.1, -0.05) is 24.3 Å². The van der Waals surface area contributed by atoms with Crippen LogP contribution in [0.2, 0.25) is 0 Å². The van der Waals surface area contributed by atoms with Crippen LogP contribution in [0.1, 0.15) is 6.92 Å². The van der Waals surface area contributed by atoms with Gasteiger partial charge in [0.2, 0.25) is 0 Å². The monoisotopic (exact) mass is 145 g/mol. The number of allylic oxidation sites excluding steroid dienone is 4. The molecule has 1 unspecified atom stereocenters. The zero-order valence-corrected chi connectivity index (χ0v) is 6.62. The van der Waals surface area contributed by atoms with Gasteiger partial charge in [-0.15, -0.1) is 0 Å². The molecule has 0 fully saturated rings. The third-order valence-corrected chi connectivity index (χ3v) is 2.17. The van der Waals surface area contributed by atoms with Crippen LogP contribution < -0.4 is 0 Å². The van der Waals surface area contributed by atoms with Gasteiger partial charge in [-0.05, 0) is 18.1 Å². The number of rotatable bonds is 0. The third-order valence-electron chi connectivity index (χ3n) is 2.17. The van der Waals surface area contributed by atoms with Crippen LogP contribution in [0.3, 0.4) is 0 Å². The summed E-state index contributed by atoms with van der Waals surface area (Å²) in [5, 5.41) is 0. The van der Waals surface area contributed by atoms with Crippen LogP contribution >= 0.6 is 0 Å². The van der Waals surface area contributed by atoms with Crippen LogP contribution in [0, 0.1) is 5.92 Å². The molecular formula is C10H11N. The fourth-order valence-corrected chi connectivity index (χ4v) is 1.55. The quantitative estimate of drug-likeness (QED) is 0.495. The van der Waals surface area contributed by atoms with E-state index in [0.29, 0.717) is 5.92 Å². The van der Waals surface area contributed by atoms with E-state index in [1.165, 1.54) is 11.1 Å². The summed E-state index contributed by atoms with van der Waals surface area (Å²) in [5.74, 6) is 0.546. The molecule has 0 aromatic carbocycles. The Bertz CT molecular complexity index is 279. The van der Waals surface area contributed by atoms with Crippen molar-refractivity contribution in [2.24, 2.45) is 10.9 Å². The zero-order valence-electron chi connectivity index (χ0n) is 6.62. The summed E-state index contributed by atoms with van der Waals surface area (Å²) in [6.45, 7) is 3.04. The molecular weight excluding hydrogens is 134 g/mol. The lowest BCUT2D eigenvalue weighted by molar-refractivity contribution is 0.768. The first kappa shape index (κ1) is 6.59. The molecule has 56 valence electrons. The van der Waals surface area contributed by atoms with Crippen molar-refractivity contribution in [2.75, 3.05) is 6.54 Å². The zero-order chi connectivity index (χ0) is 7.68. The highest BCUT2D eigenvalue weighted by atomic mass is 14.7. The summed E-state index contributed by atoms with van der Waals surface area (Å²) in [5.41, 5.74) is 2.74. The molecule has 1 nitrogen and oxygen atoms in total. The molecule has 0 N–H and O–H groups in total. The summed E-state index contributed by atoms with van der Waals surface area (Å²) >= 11 is 0. The lowest BCUT2D eigenvalue weighted by Gasteiger charge is -2.19. The van der Waals surface area contributed by atoms with Crippen molar-refractivity contribution >= 4 is 6.21 Å². The molecule has 1 aliphatic heterocycles. The second kappa shape index (κ2) is 2.50. The topological polar surface area (TPSA) is 12.4 Å². The lowest BCUT2D eigenvalue weighted by Crippen LogP contribution is -2.12. The van der Waals surface area contributed by atoms with Gasteiger partial charge < -0.3 is 0 Å². The van der Waals surface area contributed by atoms with Crippen LogP contribution in [-0.4, -0.2) is 12.8 Å². The maximum Gasteiger partial charge on any atom is 0.0493 e. The normalized spacial score (nSPS) is 27.5. The fraction of sp³-hybridized carbons (Fsp3) is 0.300. The van der Waals surface area contributed by atoms with E-state index in [9.17, 15) is 0 Å². The summed E-state index contributed by atoms with van der Waals surface area (Å²) in [6, 6.07) is 0. The number of fused-ring (bicyclic) bond motifs is 1. The maximum atomic E-state index is 4.27. The van der Waals surface area contributed by atoms with Gasteiger partial charge in [0.05, 0.1) is 0 Å². The van der Waals surface area contributed by atoms with E-state index in [1.807, 2.05) is 6.21 Å². The first-order chi connectivity index (χ1) is 5.38. The average molecular weight is 145 g/mol. The van der Waals surface area contributed by atoms with Gasteiger partial charge in [-0.3, -0.25) is 4.99 Å². The van der Waals surface area contributed by atoms with Crippen LogP contribution in [0.15, 0.2) is 40.4 Å². The Morgan fingerprint density at radius 2 is 2.36 bits per heavy atom. The summed E-state index contributed by atoms with van der Waals surface area (Å²) in [4.78, 5) is 4.27. The minimum Gasteiger partial charge on any atom is -0.292 e. The Morgan fingerprint density at radius 3 is 3.18 bits per heavy atom. The van der Waals surface area contributed by atoms with E-state index >= 15 is 0 Å². The molecule has 2 rings (SSSR count). The van der Waals surface area contributed by atoms with Crippen molar-refractivity contribution in [2.45, 2.75) is 6.92 Å². The molecule has 11 heavy (non-hydrogen) atoms. The van der Waals surface area contributed by atoms with Crippen LogP contribution in [0.25, 0.3) is 0 Å². The van der Waals surface area contributed by atoms with Crippen molar-refractivity contribution in [3.05, 3.63) is 35.5 Å². The highest BCUT2D eigenvalue weighted by Crippen LogP contribution is 2.24. The summed E-state index contributed by atoms with van der Waals surface area (Å²) < 4.78 is 0. The van der Waals surface area contributed by atoms with Crippen molar-refractivity contribution in [3.63, 3.8) is 0 Å². The van der Waals surface area contributed by atoms with E-state index in [-0.39, 0.29) is 0 Å². The molecule has 0 saturated heterocycles. The average Bonchev–Trinajstić information content (AvgIpc) is 2.06. The van der Waals surface area contributed by atoms with E-state index < -0.39 is 0 Å². The SMILES string of the molecule is CC1=C2C=CC=CC2CN=C1. The Kier molecular flexibility index (Phi) is 1.50. The Hall–Kier alpha value is -1.11. The largest absolute Gasteiger partial charge is 0.292 e. The van der Waals surface area contributed by atoms with Crippen molar-refractivity contribution < 1.29 is 0 Å². The second-order valence-electron chi connectivity index (χ2n) is 2.98. The molecule has 0 aromatic rings.